The molecule has 1 saturated heterocycles. The number of amides is 1. The lowest BCUT2D eigenvalue weighted by Gasteiger charge is -2.31. The summed E-state index contributed by atoms with van der Waals surface area (Å²) in [4.78, 5) is 17.9. The molecule has 6 aromatic rings. The van der Waals surface area contributed by atoms with Crippen molar-refractivity contribution >= 4 is 32.2 Å². The number of sulfone groups is 1. The van der Waals surface area contributed by atoms with Gasteiger partial charge in [-0.3, -0.25) is 9.69 Å². The minimum absolute atomic E-state index is 0.144. The van der Waals surface area contributed by atoms with Crippen molar-refractivity contribution in [3.05, 3.63) is 144 Å². The molecule has 310 valence electrons. The maximum absolute atomic E-state index is 13.2. The quantitative estimate of drug-likeness (QED) is 0.0933. The Morgan fingerprint density at radius 3 is 2.35 bits per heavy atom. The number of ether oxygens (including phenoxy) is 3. The molecule has 0 bridgehead atoms. The van der Waals surface area contributed by atoms with Crippen molar-refractivity contribution in [2.75, 3.05) is 57.4 Å². The molecule has 0 aromatic heterocycles. The van der Waals surface area contributed by atoms with Crippen LogP contribution < -0.4 is 24.8 Å². The van der Waals surface area contributed by atoms with Gasteiger partial charge in [0.2, 0.25) is 0 Å². The van der Waals surface area contributed by atoms with E-state index in [2.05, 4.69) is 28.5 Å². The summed E-state index contributed by atoms with van der Waals surface area (Å²) in [7, 11) is -3.34. The highest BCUT2D eigenvalue weighted by atomic mass is 32.2. The number of anilines is 1. The van der Waals surface area contributed by atoms with Crippen molar-refractivity contribution in [1.29, 1.82) is 0 Å². The Morgan fingerprint density at radius 1 is 0.817 bits per heavy atom. The zero-order chi connectivity index (χ0) is 41.5. The monoisotopic (exact) mass is 824 g/mol. The third-order valence-electron chi connectivity index (χ3n) is 11.4. The van der Waals surface area contributed by atoms with Crippen LogP contribution in [0.15, 0.2) is 132 Å². The molecule has 2 heterocycles. The molecule has 0 spiro atoms. The van der Waals surface area contributed by atoms with Crippen LogP contribution in [0.25, 0.3) is 21.9 Å². The van der Waals surface area contributed by atoms with Gasteiger partial charge in [0.05, 0.1) is 4.90 Å². The van der Waals surface area contributed by atoms with E-state index in [0.717, 1.165) is 108 Å². The molecule has 1 amide bonds. The molecule has 10 nitrogen and oxygen atoms in total. The van der Waals surface area contributed by atoms with Gasteiger partial charge in [0.1, 0.15) is 36.2 Å². The zero-order valence-corrected chi connectivity index (χ0v) is 35.0. The van der Waals surface area contributed by atoms with E-state index in [1.807, 2.05) is 114 Å². The lowest BCUT2D eigenvalue weighted by Crippen LogP contribution is -2.46. The highest BCUT2D eigenvalue weighted by Gasteiger charge is 2.34. The number of piperidine rings is 1. The van der Waals surface area contributed by atoms with E-state index >= 15 is 0 Å². The Kier molecular flexibility index (Phi) is 12.7. The second kappa shape index (κ2) is 18.6. The second-order valence-electron chi connectivity index (χ2n) is 15.4. The number of nitrogens with one attached hydrogen (secondary N) is 2. The molecule has 2 aliphatic heterocycles. The van der Waals surface area contributed by atoms with E-state index in [0.29, 0.717) is 31.3 Å². The van der Waals surface area contributed by atoms with E-state index < -0.39 is 9.84 Å². The number of fused-ring (bicyclic) bond motifs is 2. The van der Waals surface area contributed by atoms with Gasteiger partial charge in [-0.05, 0) is 115 Å². The first-order valence-electron chi connectivity index (χ1n) is 20.8. The number of hydrogen-bond donors (Lipinski definition) is 2. The minimum atomic E-state index is -3.34. The fraction of sp³-hybridized carbons (Fsp3) is 0.286. The maximum Gasteiger partial charge on any atom is 0.254 e. The summed E-state index contributed by atoms with van der Waals surface area (Å²) < 4.78 is 43.4. The van der Waals surface area contributed by atoms with Gasteiger partial charge in [0.15, 0.2) is 9.84 Å². The first-order chi connectivity index (χ1) is 29.2. The molecular weight excluding hydrogens is 773 g/mol. The molecule has 60 heavy (non-hydrogen) atoms. The minimum Gasteiger partial charge on any atom is -0.492 e. The summed E-state index contributed by atoms with van der Waals surface area (Å²) >= 11 is 0. The third-order valence-corrected chi connectivity index (χ3v) is 12.5. The van der Waals surface area contributed by atoms with Gasteiger partial charge in [0.25, 0.3) is 5.91 Å². The van der Waals surface area contributed by atoms with Crippen molar-refractivity contribution in [2.24, 2.45) is 0 Å². The van der Waals surface area contributed by atoms with Crippen molar-refractivity contribution in [2.45, 2.75) is 43.9 Å². The molecule has 0 aliphatic carbocycles. The van der Waals surface area contributed by atoms with Gasteiger partial charge >= 0.3 is 0 Å². The largest absolute Gasteiger partial charge is 0.492 e. The first kappa shape index (κ1) is 40.9. The topological polar surface area (TPSA) is 109 Å². The standard InChI is InChI=1S/C49H52N4O6S/c1-3-52(28-27-51-47-13-7-12-45-46(47)33-53(49(45)54)38-11-8-26-50-32-38)29-30-57-39-17-19-40(20-18-39)59-48-43(36-14-22-42(23-15-36)60(2,55)56)24-16-37-31-41(21-25-44(37)48)58-34-35-9-5-4-6-10-35/h4-7,9-10,12-25,31,38,50-51H,3,8,11,26-30,32-34H2,1-2H3. The fourth-order valence-corrected chi connectivity index (χ4v) is 8.66. The van der Waals surface area contributed by atoms with Crippen LogP contribution in [-0.2, 0) is 23.0 Å². The molecule has 0 radical (unpaired) electrons. The Hall–Kier alpha value is -5.88. The zero-order valence-electron chi connectivity index (χ0n) is 34.2. The van der Waals surface area contributed by atoms with Crippen LogP contribution in [0.5, 0.6) is 23.0 Å². The number of hydrogen-bond acceptors (Lipinski definition) is 9. The van der Waals surface area contributed by atoms with Crippen molar-refractivity contribution in [3.8, 4) is 34.1 Å². The first-order valence-corrected chi connectivity index (χ1v) is 22.7. The maximum atomic E-state index is 13.2. The van der Waals surface area contributed by atoms with Gasteiger partial charge in [-0.1, -0.05) is 61.5 Å². The SMILES string of the molecule is CCN(CCNc1cccc2c1CN(C1CCCNC1)C2=O)CCOc1ccc(Oc2c(-c3ccc(S(C)(=O)=O)cc3)ccc3cc(OCc4ccccc4)ccc23)cc1. The lowest BCUT2D eigenvalue weighted by atomic mass is 9.99. The number of carbonyl (C=O) groups excluding carboxylic acids is 1. The average molecular weight is 825 g/mol. The normalized spacial score (nSPS) is 15.3. The van der Waals surface area contributed by atoms with Crippen LogP contribution in [0.3, 0.4) is 0 Å². The van der Waals surface area contributed by atoms with Gasteiger partial charge in [0, 0.05) is 72.8 Å². The molecule has 11 heteroatoms. The number of rotatable bonds is 17. The van der Waals surface area contributed by atoms with E-state index in [4.69, 9.17) is 14.2 Å². The van der Waals surface area contributed by atoms with E-state index in [-0.39, 0.29) is 16.8 Å². The summed E-state index contributed by atoms with van der Waals surface area (Å²) in [5.74, 6) is 2.93. The van der Waals surface area contributed by atoms with Crippen molar-refractivity contribution in [3.63, 3.8) is 0 Å². The summed E-state index contributed by atoms with van der Waals surface area (Å²) in [6.07, 6.45) is 3.36. The summed E-state index contributed by atoms with van der Waals surface area (Å²) in [5.41, 5.74) is 5.72. The van der Waals surface area contributed by atoms with Crippen molar-refractivity contribution in [1.82, 2.24) is 15.1 Å². The van der Waals surface area contributed by atoms with Crippen molar-refractivity contribution < 1.29 is 27.4 Å². The fourth-order valence-electron chi connectivity index (χ4n) is 8.03. The summed E-state index contributed by atoms with van der Waals surface area (Å²) in [6, 6.07) is 40.8. The van der Waals surface area contributed by atoms with E-state index in [9.17, 15) is 13.2 Å². The van der Waals surface area contributed by atoms with E-state index in [1.165, 1.54) is 6.26 Å². The molecular formula is C49H52N4O6S. The predicted molar refractivity (Wildman–Crippen MR) is 238 cm³/mol. The Bertz CT molecular complexity index is 2520. The Morgan fingerprint density at radius 2 is 1.60 bits per heavy atom. The molecule has 1 atom stereocenters. The molecule has 0 saturated carbocycles. The van der Waals surface area contributed by atoms with Crippen LogP contribution in [0.4, 0.5) is 5.69 Å². The van der Waals surface area contributed by atoms with Gasteiger partial charge < -0.3 is 29.7 Å². The average Bonchev–Trinajstić information content (AvgIpc) is 3.62. The van der Waals surface area contributed by atoms with Crippen LogP contribution in [0, 0.1) is 0 Å². The Labute approximate surface area is 353 Å². The summed E-state index contributed by atoms with van der Waals surface area (Å²) in [5, 5.41) is 8.90. The van der Waals surface area contributed by atoms with Gasteiger partial charge in [-0.25, -0.2) is 8.42 Å². The van der Waals surface area contributed by atoms with Gasteiger partial charge in [-0.15, -0.1) is 0 Å². The van der Waals surface area contributed by atoms with Crippen LogP contribution >= 0.6 is 0 Å². The number of likely N-dealkylation sites (N-methyl/N-ethyl adjacent to an activating group) is 1. The van der Waals surface area contributed by atoms with E-state index in [1.54, 1.807) is 12.1 Å². The lowest BCUT2D eigenvalue weighted by molar-refractivity contribution is 0.0674. The molecule has 6 aromatic carbocycles. The molecule has 2 N–H and O–H groups in total. The predicted octanol–water partition coefficient (Wildman–Crippen LogP) is 8.80. The molecule has 8 rings (SSSR count). The molecule has 1 fully saturated rings. The third kappa shape index (κ3) is 9.60. The second-order valence-corrected chi connectivity index (χ2v) is 17.5. The Balaban J connectivity index is 0.897. The highest BCUT2D eigenvalue weighted by Crippen LogP contribution is 2.41. The van der Waals surface area contributed by atoms with Crippen LogP contribution in [-0.4, -0.2) is 82.3 Å². The smallest absolute Gasteiger partial charge is 0.254 e. The highest BCUT2D eigenvalue weighted by molar-refractivity contribution is 7.90. The molecule has 2 aliphatic rings. The number of carbonyl (C=O) groups is 1. The van der Waals surface area contributed by atoms with Gasteiger partial charge in [-0.2, -0.15) is 0 Å². The number of benzene rings is 6. The van der Waals surface area contributed by atoms with Crippen LogP contribution in [0.1, 0.15) is 41.3 Å². The summed E-state index contributed by atoms with van der Waals surface area (Å²) in [6.45, 7) is 8.93. The number of nitrogens with zero attached hydrogens (tertiary/aromatic N) is 2. The van der Waals surface area contributed by atoms with Crippen LogP contribution in [0.2, 0.25) is 0 Å². The molecule has 1 unspecified atom stereocenters.